The molecule has 1 saturated heterocycles. The van der Waals surface area contributed by atoms with E-state index in [4.69, 9.17) is 4.98 Å². The second kappa shape index (κ2) is 8.67. The zero-order chi connectivity index (χ0) is 23.9. The molecule has 0 amide bonds. The number of aryl methyl sites for hydroxylation is 1. The third kappa shape index (κ3) is 3.26. The van der Waals surface area contributed by atoms with E-state index < -0.39 is 0 Å². The number of rotatable bonds is 2. The number of aromatic nitrogens is 5. The summed E-state index contributed by atoms with van der Waals surface area (Å²) in [6.45, 7) is 7.90. The number of hydrogen-bond donors (Lipinski definition) is 2. The Bertz CT molecular complexity index is 1600. The number of H-pyrrole nitrogens is 1. The molecule has 2 aromatic carbocycles. The Labute approximate surface area is 203 Å². The van der Waals surface area contributed by atoms with Gasteiger partial charge in [-0.3, -0.25) is 9.97 Å². The van der Waals surface area contributed by atoms with Gasteiger partial charge in [0.05, 0.1) is 33.1 Å². The molecule has 2 N–H and O–H groups in total. The Morgan fingerprint density at radius 2 is 1.43 bits per heavy atom. The summed E-state index contributed by atoms with van der Waals surface area (Å²) in [5.41, 5.74) is 6.09. The molecule has 0 spiro atoms. The molecule has 1 aliphatic rings. The first-order chi connectivity index (χ1) is 17.3. The first-order valence-corrected chi connectivity index (χ1v) is 12.4. The summed E-state index contributed by atoms with van der Waals surface area (Å²) >= 11 is 0. The molecule has 0 saturated carbocycles. The molecule has 6 aromatic rings. The van der Waals surface area contributed by atoms with Crippen molar-refractivity contribution in [2.45, 2.75) is 13.8 Å². The third-order valence-electron chi connectivity index (χ3n) is 6.80. The van der Waals surface area contributed by atoms with Crippen LogP contribution in [0.1, 0.15) is 13.8 Å². The van der Waals surface area contributed by atoms with Crippen molar-refractivity contribution in [3.63, 3.8) is 0 Å². The van der Waals surface area contributed by atoms with Gasteiger partial charge in [-0.25, -0.2) is 4.98 Å². The Balaban J connectivity index is 0.00000112. The topological polar surface area (TPSA) is 74.7 Å². The number of fused-ring (bicyclic) bond motifs is 7. The van der Waals surface area contributed by atoms with E-state index in [-0.39, 0.29) is 0 Å². The number of anilines is 1. The number of pyridine rings is 2. The standard InChI is InChI=1S/C26H23N7.C2H6/c1-32-19-9-3-2-6-16(19)20(26(32)33-14-12-27-13-15-33)25-30-23-17-7-4-10-28-21(17)22-18(24(23)31-25)8-5-11-29-22;1-2/h2-11,27H,12-15H2,1H3,(H,30,31);1-2H3. The van der Waals surface area contributed by atoms with Crippen LogP contribution in [-0.2, 0) is 7.05 Å². The lowest BCUT2D eigenvalue weighted by Gasteiger charge is -2.30. The average molecular weight is 464 g/mol. The maximum absolute atomic E-state index is 5.20. The zero-order valence-corrected chi connectivity index (χ0v) is 20.3. The van der Waals surface area contributed by atoms with Crippen molar-refractivity contribution in [1.82, 2.24) is 29.8 Å². The SMILES string of the molecule is CC.Cn1c(N2CCNCC2)c(-c2nc3c4cccnc4c4ncccc4c3[nH]2)c2ccccc21. The van der Waals surface area contributed by atoms with Crippen molar-refractivity contribution in [2.75, 3.05) is 31.1 Å². The second-order valence-electron chi connectivity index (χ2n) is 8.62. The smallest absolute Gasteiger partial charge is 0.142 e. The zero-order valence-electron chi connectivity index (χ0n) is 20.3. The van der Waals surface area contributed by atoms with Gasteiger partial charge in [-0.05, 0) is 30.3 Å². The number of para-hydroxylation sites is 1. The lowest BCUT2D eigenvalue weighted by Crippen LogP contribution is -2.44. The Morgan fingerprint density at radius 3 is 2.20 bits per heavy atom. The van der Waals surface area contributed by atoms with E-state index in [1.165, 1.54) is 16.7 Å². The van der Waals surface area contributed by atoms with E-state index in [1.54, 1.807) is 0 Å². The van der Waals surface area contributed by atoms with E-state index in [1.807, 2.05) is 38.4 Å². The summed E-state index contributed by atoms with van der Waals surface area (Å²) in [6.07, 6.45) is 3.65. The van der Waals surface area contributed by atoms with E-state index in [9.17, 15) is 0 Å². The van der Waals surface area contributed by atoms with Gasteiger partial charge < -0.3 is 19.8 Å². The number of nitrogens with zero attached hydrogens (tertiary/aromatic N) is 5. The molecule has 0 unspecified atom stereocenters. The van der Waals surface area contributed by atoms with Gasteiger partial charge in [-0.15, -0.1) is 0 Å². The monoisotopic (exact) mass is 463 g/mol. The molecule has 7 rings (SSSR count). The minimum absolute atomic E-state index is 0.886. The van der Waals surface area contributed by atoms with E-state index in [0.717, 1.165) is 70.4 Å². The van der Waals surface area contributed by atoms with Crippen LogP contribution in [0.3, 0.4) is 0 Å². The van der Waals surface area contributed by atoms with Crippen LogP contribution in [0.15, 0.2) is 60.9 Å². The van der Waals surface area contributed by atoms with Gasteiger partial charge in [0.1, 0.15) is 11.6 Å². The summed E-state index contributed by atoms with van der Waals surface area (Å²) in [5, 5.41) is 6.74. The van der Waals surface area contributed by atoms with E-state index >= 15 is 0 Å². The summed E-state index contributed by atoms with van der Waals surface area (Å²) in [7, 11) is 2.16. The van der Waals surface area contributed by atoms with Gasteiger partial charge in [0.2, 0.25) is 0 Å². The third-order valence-corrected chi connectivity index (χ3v) is 6.80. The first-order valence-electron chi connectivity index (χ1n) is 12.4. The molecule has 0 aliphatic carbocycles. The van der Waals surface area contributed by atoms with Crippen molar-refractivity contribution in [2.24, 2.45) is 7.05 Å². The highest BCUT2D eigenvalue weighted by atomic mass is 15.3. The first kappa shape index (κ1) is 21.6. The summed E-state index contributed by atoms with van der Waals surface area (Å²) < 4.78 is 2.31. The number of nitrogens with one attached hydrogen (secondary N) is 2. The normalized spacial score (nSPS) is 14.1. The van der Waals surface area contributed by atoms with Crippen LogP contribution in [0, 0.1) is 0 Å². The van der Waals surface area contributed by atoms with Crippen molar-refractivity contribution < 1.29 is 0 Å². The van der Waals surface area contributed by atoms with Gasteiger partial charge in [0.25, 0.3) is 0 Å². The van der Waals surface area contributed by atoms with E-state index in [2.05, 4.69) is 73.2 Å². The molecule has 0 radical (unpaired) electrons. The predicted molar refractivity (Wildman–Crippen MR) is 145 cm³/mol. The molecule has 4 aromatic heterocycles. The molecular weight excluding hydrogens is 434 g/mol. The Hall–Kier alpha value is -3.97. The van der Waals surface area contributed by atoms with E-state index in [0.29, 0.717) is 0 Å². The minimum Gasteiger partial charge on any atom is -0.355 e. The second-order valence-corrected chi connectivity index (χ2v) is 8.62. The molecule has 7 heteroatoms. The van der Waals surface area contributed by atoms with Gasteiger partial charge in [0.15, 0.2) is 0 Å². The van der Waals surface area contributed by atoms with Crippen LogP contribution in [-0.4, -0.2) is 50.7 Å². The highest BCUT2D eigenvalue weighted by molar-refractivity contribution is 6.21. The summed E-state index contributed by atoms with van der Waals surface area (Å²) in [6, 6.07) is 16.7. The lowest BCUT2D eigenvalue weighted by molar-refractivity contribution is 0.580. The molecule has 176 valence electrons. The van der Waals surface area contributed by atoms with Crippen LogP contribution in [0.5, 0.6) is 0 Å². The van der Waals surface area contributed by atoms with Crippen molar-refractivity contribution >= 4 is 49.6 Å². The van der Waals surface area contributed by atoms with Crippen LogP contribution in [0.4, 0.5) is 5.82 Å². The fraction of sp³-hybridized carbons (Fsp3) is 0.250. The maximum atomic E-state index is 5.20. The fourth-order valence-electron chi connectivity index (χ4n) is 5.32. The fourth-order valence-corrected chi connectivity index (χ4v) is 5.32. The molecular formula is C28H29N7. The van der Waals surface area contributed by atoms with Crippen molar-refractivity contribution in [3.05, 3.63) is 60.9 Å². The molecule has 5 heterocycles. The van der Waals surface area contributed by atoms with Gasteiger partial charge >= 0.3 is 0 Å². The Kier molecular flexibility index (Phi) is 5.34. The maximum Gasteiger partial charge on any atom is 0.142 e. The minimum atomic E-state index is 0.886. The molecule has 0 atom stereocenters. The molecule has 1 fully saturated rings. The number of piperazine rings is 1. The van der Waals surface area contributed by atoms with Crippen molar-refractivity contribution in [3.8, 4) is 11.4 Å². The summed E-state index contributed by atoms with van der Waals surface area (Å²) in [5.74, 6) is 2.10. The number of benzene rings is 2. The average Bonchev–Trinajstić information content (AvgIpc) is 3.50. The van der Waals surface area contributed by atoms with Gasteiger partial charge in [-0.1, -0.05) is 32.0 Å². The van der Waals surface area contributed by atoms with Gasteiger partial charge in [0, 0.05) is 61.8 Å². The Morgan fingerprint density at radius 1 is 0.771 bits per heavy atom. The molecule has 7 nitrogen and oxygen atoms in total. The highest BCUT2D eigenvalue weighted by Crippen LogP contribution is 2.41. The number of hydrogen-bond acceptors (Lipinski definition) is 5. The lowest BCUT2D eigenvalue weighted by atomic mass is 10.1. The molecule has 1 aliphatic heterocycles. The van der Waals surface area contributed by atoms with Crippen LogP contribution >= 0.6 is 0 Å². The number of imidazole rings is 1. The van der Waals surface area contributed by atoms with Crippen LogP contribution in [0.25, 0.3) is 55.1 Å². The van der Waals surface area contributed by atoms with Gasteiger partial charge in [-0.2, -0.15) is 0 Å². The summed E-state index contributed by atoms with van der Waals surface area (Å²) in [4.78, 5) is 20.7. The predicted octanol–water partition coefficient (Wildman–Crippen LogP) is 5.25. The quantitative estimate of drug-likeness (QED) is 0.343. The highest BCUT2D eigenvalue weighted by Gasteiger charge is 2.25. The van der Waals surface area contributed by atoms with Crippen molar-refractivity contribution in [1.29, 1.82) is 0 Å². The largest absolute Gasteiger partial charge is 0.355 e. The molecule has 0 bridgehead atoms. The van der Waals surface area contributed by atoms with Crippen LogP contribution < -0.4 is 10.2 Å². The molecule has 35 heavy (non-hydrogen) atoms. The van der Waals surface area contributed by atoms with Crippen LogP contribution in [0.2, 0.25) is 0 Å². The number of aromatic amines is 1.